The van der Waals surface area contributed by atoms with E-state index in [0.717, 1.165) is 129 Å². The summed E-state index contributed by atoms with van der Waals surface area (Å²) in [5, 5.41) is 10.4. The van der Waals surface area contributed by atoms with Gasteiger partial charge in [-0.2, -0.15) is 0 Å². The fourth-order valence-electron chi connectivity index (χ4n) is 7.74. The van der Waals surface area contributed by atoms with Gasteiger partial charge in [0.15, 0.2) is 0 Å². The second-order valence-corrected chi connectivity index (χ2v) is 18.1. The molecule has 61 heavy (non-hydrogen) atoms. The summed E-state index contributed by atoms with van der Waals surface area (Å²) in [6.07, 6.45) is 28.3. The Morgan fingerprint density at radius 3 is 0.934 bits per heavy atom. The molecule has 0 rings (SSSR count). The van der Waals surface area contributed by atoms with Crippen molar-refractivity contribution in [2.24, 2.45) is 17.8 Å². The summed E-state index contributed by atoms with van der Waals surface area (Å²) in [4.78, 5) is 52.7. The molecule has 0 saturated carbocycles. The summed E-state index contributed by atoms with van der Waals surface area (Å²) in [5.41, 5.74) is 0. The molecule has 0 bridgehead atoms. The number of aliphatic hydroxyl groups excluding tert-OH is 1. The highest BCUT2D eigenvalue weighted by Crippen LogP contribution is 2.19. The molecule has 10 nitrogen and oxygen atoms in total. The Balaban J connectivity index is 5.29. The van der Waals surface area contributed by atoms with Crippen molar-refractivity contribution in [1.82, 2.24) is 4.90 Å². The minimum Gasteiger partial charge on any atom is -0.465 e. The van der Waals surface area contributed by atoms with Crippen LogP contribution in [-0.4, -0.2) is 86.0 Å². The highest BCUT2D eigenvalue weighted by atomic mass is 16.6. The number of rotatable bonds is 45. The molecule has 0 heterocycles. The highest BCUT2D eigenvalue weighted by molar-refractivity contribution is 5.70. The van der Waals surface area contributed by atoms with Crippen molar-refractivity contribution in [1.29, 1.82) is 0 Å². The van der Waals surface area contributed by atoms with E-state index in [4.69, 9.17) is 18.9 Å². The van der Waals surface area contributed by atoms with E-state index in [0.29, 0.717) is 25.7 Å². The van der Waals surface area contributed by atoms with Crippen LogP contribution in [0.5, 0.6) is 0 Å². The Labute approximate surface area is 375 Å². The van der Waals surface area contributed by atoms with Gasteiger partial charge in [0.2, 0.25) is 0 Å². The standard InChI is InChI=1S/C51H97NO9/c1-7-11-15-19-23-33-48(54)58-40-45(41-59-49(55)34-24-20-16-12-8-2)31-27-29-37-52(47(39-53)44(5)6)38-30-28-32-46(42-60-50(56)35-25-21-17-13-9-3)43-61-51(57)36-26-22-18-14-10-4/h44-47,53H,7-43H2,1-6H3/t47-/m1/s1. The van der Waals surface area contributed by atoms with Gasteiger partial charge in [0.25, 0.3) is 0 Å². The number of ether oxygens (including phenoxy) is 4. The molecule has 0 unspecified atom stereocenters. The summed E-state index contributed by atoms with van der Waals surface area (Å²) >= 11 is 0. The van der Waals surface area contributed by atoms with Crippen LogP contribution in [0.1, 0.15) is 234 Å². The quantitative estimate of drug-likeness (QED) is 0.0359. The van der Waals surface area contributed by atoms with Gasteiger partial charge in [-0.3, -0.25) is 24.1 Å². The Kier molecular flexibility index (Phi) is 41.5. The number of unbranched alkanes of at least 4 members (excludes halogenated alkanes) is 18. The lowest BCUT2D eigenvalue weighted by Crippen LogP contribution is -2.42. The Morgan fingerprint density at radius 1 is 0.410 bits per heavy atom. The lowest BCUT2D eigenvalue weighted by molar-refractivity contribution is -0.151. The molecule has 1 N–H and O–H groups in total. The van der Waals surface area contributed by atoms with Gasteiger partial charge >= 0.3 is 23.9 Å². The van der Waals surface area contributed by atoms with Crippen molar-refractivity contribution < 1.29 is 43.2 Å². The first-order valence-corrected chi connectivity index (χ1v) is 25.6. The van der Waals surface area contributed by atoms with Crippen LogP contribution >= 0.6 is 0 Å². The van der Waals surface area contributed by atoms with E-state index in [2.05, 4.69) is 46.4 Å². The maximum atomic E-state index is 12.6. The molecule has 0 aromatic carbocycles. The van der Waals surface area contributed by atoms with Crippen molar-refractivity contribution in [3.63, 3.8) is 0 Å². The lowest BCUT2D eigenvalue weighted by atomic mass is 9.99. The number of hydrogen-bond donors (Lipinski definition) is 1. The van der Waals surface area contributed by atoms with Crippen molar-refractivity contribution in [2.45, 2.75) is 240 Å². The molecule has 0 fully saturated rings. The van der Waals surface area contributed by atoms with Crippen molar-refractivity contribution in [3.05, 3.63) is 0 Å². The van der Waals surface area contributed by atoms with Crippen molar-refractivity contribution >= 4 is 23.9 Å². The molecular formula is C51H97NO9. The van der Waals surface area contributed by atoms with Crippen LogP contribution < -0.4 is 0 Å². The smallest absolute Gasteiger partial charge is 0.305 e. The molecule has 0 aliphatic rings. The zero-order valence-corrected chi connectivity index (χ0v) is 40.6. The van der Waals surface area contributed by atoms with E-state index in [9.17, 15) is 24.3 Å². The zero-order valence-electron chi connectivity index (χ0n) is 40.6. The van der Waals surface area contributed by atoms with Gasteiger partial charge in [0.1, 0.15) is 0 Å². The average molecular weight is 868 g/mol. The highest BCUT2D eigenvalue weighted by Gasteiger charge is 2.22. The molecule has 1 atom stereocenters. The van der Waals surface area contributed by atoms with E-state index in [1.54, 1.807) is 0 Å². The first-order chi connectivity index (χ1) is 29.6. The maximum absolute atomic E-state index is 12.6. The number of nitrogens with zero attached hydrogens (tertiary/aromatic N) is 1. The minimum atomic E-state index is -0.174. The molecule has 10 heteroatoms. The first-order valence-electron chi connectivity index (χ1n) is 25.6. The summed E-state index contributed by atoms with van der Waals surface area (Å²) in [7, 11) is 0. The number of aliphatic hydroxyl groups is 1. The van der Waals surface area contributed by atoms with E-state index in [1.165, 1.54) is 51.4 Å². The van der Waals surface area contributed by atoms with Gasteiger partial charge in [0.05, 0.1) is 33.0 Å². The monoisotopic (exact) mass is 868 g/mol. The predicted molar refractivity (Wildman–Crippen MR) is 249 cm³/mol. The Morgan fingerprint density at radius 2 is 0.689 bits per heavy atom. The van der Waals surface area contributed by atoms with Crippen LogP contribution in [0.2, 0.25) is 0 Å². The molecular weight excluding hydrogens is 771 g/mol. The topological polar surface area (TPSA) is 129 Å². The van der Waals surface area contributed by atoms with Gasteiger partial charge in [0, 0.05) is 43.6 Å². The molecule has 0 radical (unpaired) electrons. The molecule has 0 aliphatic carbocycles. The third-order valence-electron chi connectivity index (χ3n) is 11.9. The summed E-state index contributed by atoms with van der Waals surface area (Å²) in [6.45, 7) is 15.8. The average Bonchev–Trinajstić information content (AvgIpc) is 3.24. The predicted octanol–water partition coefficient (Wildman–Crippen LogP) is 12.5. The Bertz CT molecular complexity index is 905. The molecule has 0 saturated heterocycles. The van der Waals surface area contributed by atoms with Crippen LogP contribution in [0.15, 0.2) is 0 Å². The molecule has 0 aromatic rings. The maximum Gasteiger partial charge on any atom is 0.305 e. The van der Waals surface area contributed by atoms with Crippen molar-refractivity contribution in [3.8, 4) is 0 Å². The summed E-state index contributed by atoms with van der Waals surface area (Å²) in [5.74, 6) is -0.529. The van der Waals surface area contributed by atoms with Crippen LogP contribution in [0.3, 0.4) is 0 Å². The fourth-order valence-corrected chi connectivity index (χ4v) is 7.74. The Hall–Kier alpha value is -2.20. The van der Waals surface area contributed by atoms with E-state index in [1.807, 2.05) is 0 Å². The van der Waals surface area contributed by atoms with Crippen LogP contribution in [0.4, 0.5) is 0 Å². The van der Waals surface area contributed by atoms with E-state index >= 15 is 0 Å². The minimum absolute atomic E-state index is 0.0275. The largest absolute Gasteiger partial charge is 0.465 e. The van der Waals surface area contributed by atoms with Gasteiger partial charge < -0.3 is 24.1 Å². The second kappa shape index (κ2) is 43.1. The van der Waals surface area contributed by atoms with Gasteiger partial charge in [-0.15, -0.1) is 0 Å². The fraction of sp³-hybridized carbons (Fsp3) is 0.922. The van der Waals surface area contributed by atoms with Gasteiger partial charge in [-0.25, -0.2) is 0 Å². The van der Waals surface area contributed by atoms with Crippen molar-refractivity contribution in [2.75, 3.05) is 46.1 Å². The first kappa shape index (κ1) is 58.8. The third kappa shape index (κ3) is 36.9. The van der Waals surface area contributed by atoms with Crippen LogP contribution in [0, 0.1) is 17.8 Å². The molecule has 360 valence electrons. The zero-order chi connectivity index (χ0) is 45.2. The number of esters is 4. The lowest BCUT2D eigenvalue weighted by Gasteiger charge is -2.33. The second-order valence-electron chi connectivity index (χ2n) is 18.1. The number of hydrogen-bond acceptors (Lipinski definition) is 10. The summed E-state index contributed by atoms with van der Waals surface area (Å²) in [6, 6.07) is 0.0275. The number of carbonyl (C=O) groups is 4. The van der Waals surface area contributed by atoms with E-state index in [-0.39, 0.29) is 80.7 Å². The van der Waals surface area contributed by atoms with Gasteiger partial charge in [-0.05, 0) is 70.4 Å². The SMILES string of the molecule is CCCCCCCC(=O)OCC(CCCCN(CCCCC(COC(=O)CCCCCCC)COC(=O)CCCCCCC)[C@H](CO)C(C)C)COC(=O)CCCCCCC. The molecule has 0 spiro atoms. The normalized spacial score (nSPS) is 12.1. The van der Waals surface area contributed by atoms with Crippen LogP contribution in [-0.2, 0) is 38.1 Å². The van der Waals surface area contributed by atoms with Gasteiger partial charge in [-0.1, -0.05) is 157 Å². The number of carbonyl (C=O) groups excluding carboxylic acids is 4. The molecule has 0 amide bonds. The molecule has 0 aromatic heterocycles. The van der Waals surface area contributed by atoms with E-state index < -0.39 is 0 Å². The third-order valence-corrected chi connectivity index (χ3v) is 11.9. The summed E-state index contributed by atoms with van der Waals surface area (Å²) < 4.78 is 22.8. The van der Waals surface area contributed by atoms with Crippen LogP contribution in [0.25, 0.3) is 0 Å². The molecule has 0 aliphatic heterocycles.